The lowest BCUT2D eigenvalue weighted by molar-refractivity contribution is -0.137. The smallest absolute Gasteiger partial charge is 0.327 e. The summed E-state index contributed by atoms with van der Waals surface area (Å²) in [5.74, 6) is 0. The number of H-pyrrole nitrogens is 1. The lowest BCUT2D eigenvalue weighted by atomic mass is 10.2. The van der Waals surface area contributed by atoms with Gasteiger partial charge in [-0.05, 0) is 34.1 Å². The van der Waals surface area contributed by atoms with Crippen molar-refractivity contribution in [2.45, 2.75) is 10.4 Å². The van der Waals surface area contributed by atoms with Gasteiger partial charge in [0.1, 0.15) is 9.90 Å². The minimum Gasteiger partial charge on any atom is -0.327 e. The third kappa shape index (κ3) is 3.66. The van der Waals surface area contributed by atoms with Gasteiger partial charge in [-0.2, -0.15) is 13.2 Å². The van der Waals surface area contributed by atoms with E-state index in [-0.39, 0.29) is 4.21 Å². The molecule has 21 heavy (non-hydrogen) atoms. The summed E-state index contributed by atoms with van der Waals surface area (Å²) in [6, 6.07) is 3.17. The number of alkyl halides is 3. The first kappa shape index (κ1) is 16.0. The molecular formula is C10H6BrF3N2O3S2. The van der Waals surface area contributed by atoms with Gasteiger partial charge in [-0.25, -0.2) is 8.42 Å². The Bertz CT molecular complexity index is 827. The molecule has 0 aromatic carbocycles. The number of rotatable bonds is 3. The molecule has 0 saturated heterocycles. The first-order chi connectivity index (χ1) is 9.59. The van der Waals surface area contributed by atoms with Crippen LogP contribution in [0, 0.1) is 0 Å². The highest BCUT2D eigenvalue weighted by atomic mass is 79.9. The molecule has 0 bridgehead atoms. The molecule has 0 fully saturated rings. The molecule has 0 aliphatic rings. The topological polar surface area (TPSA) is 79.0 Å². The number of aromatic nitrogens is 1. The average Bonchev–Trinajstić information content (AvgIpc) is 2.78. The third-order valence-corrected chi connectivity index (χ3v) is 5.77. The fourth-order valence-electron chi connectivity index (χ4n) is 1.36. The van der Waals surface area contributed by atoms with Crippen molar-refractivity contribution in [2.24, 2.45) is 0 Å². The summed E-state index contributed by atoms with van der Waals surface area (Å²) in [4.78, 5) is 13.3. The zero-order valence-electron chi connectivity index (χ0n) is 9.86. The standard InChI is InChI=1S/C10H6BrF3N2O3S2/c11-7-1-2-8(20-7)21(18,19)16-6-3-5(10(12,13)14)4-15-9(6)17/h1-4,16H,(H,15,17). The van der Waals surface area contributed by atoms with Crippen LogP contribution in [0.25, 0.3) is 0 Å². The summed E-state index contributed by atoms with van der Waals surface area (Å²) >= 11 is 3.93. The minimum atomic E-state index is -4.70. The zero-order valence-corrected chi connectivity index (χ0v) is 13.1. The molecule has 11 heteroatoms. The summed E-state index contributed by atoms with van der Waals surface area (Å²) < 4.78 is 63.9. The summed E-state index contributed by atoms with van der Waals surface area (Å²) in [5.41, 5.74) is -2.83. The van der Waals surface area contributed by atoms with Crippen LogP contribution >= 0.6 is 27.3 Å². The Kier molecular flexibility index (Phi) is 4.17. The van der Waals surface area contributed by atoms with E-state index in [1.54, 1.807) is 0 Å². The Labute approximate surface area is 129 Å². The largest absolute Gasteiger partial charge is 0.417 e. The molecule has 0 saturated carbocycles. The summed E-state index contributed by atoms with van der Waals surface area (Å²) in [5, 5.41) is 0. The molecule has 0 aliphatic heterocycles. The second-order valence-electron chi connectivity index (χ2n) is 3.79. The van der Waals surface area contributed by atoms with Crippen molar-refractivity contribution in [1.82, 2.24) is 4.98 Å². The summed E-state index contributed by atoms with van der Waals surface area (Å²) in [6.07, 6.45) is -4.22. The molecular weight excluding hydrogens is 397 g/mol. The van der Waals surface area contributed by atoms with E-state index in [0.717, 1.165) is 11.3 Å². The molecule has 2 aromatic rings. The summed E-state index contributed by atoms with van der Waals surface area (Å²) in [6.45, 7) is 0. The van der Waals surface area contributed by atoms with E-state index in [9.17, 15) is 26.4 Å². The average molecular weight is 403 g/mol. The minimum absolute atomic E-state index is 0.133. The second kappa shape index (κ2) is 5.46. The van der Waals surface area contributed by atoms with Crippen LogP contribution < -0.4 is 10.3 Å². The number of pyridine rings is 1. The van der Waals surface area contributed by atoms with E-state index in [0.29, 0.717) is 16.0 Å². The van der Waals surface area contributed by atoms with Crippen LogP contribution in [0.2, 0.25) is 0 Å². The molecule has 0 radical (unpaired) electrons. The predicted octanol–water partition coefficient (Wildman–Crippen LogP) is 3.02. The molecule has 5 nitrogen and oxygen atoms in total. The van der Waals surface area contributed by atoms with Gasteiger partial charge in [-0.15, -0.1) is 11.3 Å². The number of halogens is 4. The number of nitrogens with one attached hydrogen (secondary N) is 2. The maximum absolute atomic E-state index is 12.6. The van der Waals surface area contributed by atoms with Crippen LogP contribution in [-0.4, -0.2) is 13.4 Å². The van der Waals surface area contributed by atoms with Crippen molar-refractivity contribution in [3.63, 3.8) is 0 Å². The van der Waals surface area contributed by atoms with E-state index in [1.807, 2.05) is 9.71 Å². The molecule has 2 N–H and O–H groups in total. The van der Waals surface area contributed by atoms with Gasteiger partial charge < -0.3 is 4.98 Å². The molecule has 2 aromatic heterocycles. The van der Waals surface area contributed by atoms with E-state index < -0.39 is 33.0 Å². The molecule has 0 atom stereocenters. The second-order valence-corrected chi connectivity index (χ2v) is 8.17. The van der Waals surface area contributed by atoms with E-state index in [1.165, 1.54) is 12.1 Å². The van der Waals surface area contributed by atoms with E-state index in [4.69, 9.17) is 0 Å². The number of anilines is 1. The first-order valence-electron chi connectivity index (χ1n) is 5.18. The van der Waals surface area contributed by atoms with Crippen molar-refractivity contribution in [2.75, 3.05) is 4.72 Å². The number of aromatic amines is 1. The fraction of sp³-hybridized carbons (Fsp3) is 0.100. The SMILES string of the molecule is O=c1[nH]cc(C(F)(F)F)cc1NS(=O)(=O)c1ccc(Br)s1. The van der Waals surface area contributed by atoms with Crippen LogP contribution in [0.1, 0.15) is 5.56 Å². The Morgan fingerprint density at radius 2 is 1.95 bits per heavy atom. The van der Waals surface area contributed by atoms with E-state index in [2.05, 4.69) is 15.9 Å². The van der Waals surface area contributed by atoms with Gasteiger partial charge in [0.25, 0.3) is 15.6 Å². The molecule has 0 spiro atoms. The first-order valence-corrected chi connectivity index (χ1v) is 8.27. The molecule has 0 aliphatic carbocycles. The highest BCUT2D eigenvalue weighted by molar-refractivity contribution is 9.11. The zero-order chi connectivity index (χ0) is 15.8. The van der Waals surface area contributed by atoms with Crippen molar-refractivity contribution >= 4 is 43.0 Å². The normalized spacial score (nSPS) is 12.4. The van der Waals surface area contributed by atoms with Gasteiger partial charge in [-0.1, -0.05) is 0 Å². The van der Waals surface area contributed by atoms with Gasteiger partial charge in [-0.3, -0.25) is 9.52 Å². The van der Waals surface area contributed by atoms with Crippen molar-refractivity contribution in [3.8, 4) is 0 Å². The van der Waals surface area contributed by atoms with Crippen LogP contribution in [0.5, 0.6) is 0 Å². The molecule has 2 heterocycles. The Morgan fingerprint density at radius 3 is 2.48 bits per heavy atom. The van der Waals surface area contributed by atoms with Crippen LogP contribution in [0.4, 0.5) is 18.9 Å². The molecule has 0 unspecified atom stereocenters. The lowest BCUT2D eigenvalue weighted by Gasteiger charge is -2.09. The van der Waals surface area contributed by atoms with Crippen molar-refractivity contribution in [1.29, 1.82) is 0 Å². The number of sulfonamides is 1. The highest BCUT2D eigenvalue weighted by Crippen LogP contribution is 2.30. The van der Waals surface area contributed by atoms with Crippen LogP contribution in [-0.2, 0) is 16.2 Å². The molecule has 0 amide bonds. The monoisotopic (exact) mass is 402 g/mol. The Morgan fingerprint density at radius 1 is 1.29 bits per heavy atom. The van der Waals surface area contributed by atoms with Crippen molar-refractivity contribution < 1.29 is 21.6 Å². The molecule has 2 rings (SSSR count). The lowest BCUT2D eigenvalue weighted by Crippen LogP contribution is -2.21. The van der Waals surface area contributed by atoms with Gasteiger partial charge in [0.15, 0.2) is 0 Å². The van der Waals surface area contributed by atoms with Gasteiger partial charge in [0.2, 0.25) is 0 Å². The number of thiophene rings is 1. The van der Waals surface area contributed by atoms with Crippen molar-refractivity contribution in [3.05, 3.63) is 44.1 Å². The Hall–Kier alpha value is -1.33. The van der Waals surface area contributed by atoms with Gasteiger partial charge in [0, 0.05) is 6.20 Å². The number of hydrogen-bond acceptors (Lipinski definition) is 4. The van der Waals surface area contributed by atoms with Crippen LogP contribution in [0.15, 0.2) is 37.2 Å². The third-order valence-electron chi connectivity index (χ3n) is 2.29. The predicted molar refractivity (Wildman–Crippen MR) is 74.9 cm³/mol. The van der Waals surface area contributed by atoms with Gasteiger partial charge in [0.05, 0.1) is 9.35 Å². The highest BCUT2D eigenvalue weighted by Gasteiger charge is 2.32. The fourth-order valence-corrected chi connectivity index (χ4v) is 4.42. The number of hydrogen-bond donors (Lipinski definition) is 2. The van der Waals surface area contributed by atoms with Crippen LogP contribution in [0.3, 0.4) is 0 Å². The molecule has 114 valence electrons. The van der Waals surface area contributed by atoms with Gasteiger partial charge >= 0.3 is 6.18 Å². The maximum atomic E-state index is 12.6. The summed E-state index contributed by atoms with van der Waals surface area (Å²) in [7, 11) is -4.13. The Balaban J connectivity index is 2.42. The maximum Gasteiger partial charge on any atom is 0.417 e. The quantitative estimate of drug-likeness (QED) is 0.827. The van der Waals surface area contributed by atoms with E-state index >= 15 is 0 Å².